The minimum atomic E-state index is -0.0326. The molecule has 0 amide bonds. The first-order valence-electron chi connectivity index (χ1n) is 7.52. The smallest absolute Gasteiger partial charge is 0.267 e. The Morgan fingerprint density at radius 2 is 1.35 bits per heavy atom. The molecule has 0 radical (unpaired) electrons. The lowest BCUT2D eigenvalue weighted by atomic mass is 9.95. The number of rotatable bonds is 2. The van der Waals surface area contributed by atoms with Gasteiger partial charge in [0.2, 0.25) is 0 Å². The summed E-state index contributed by atoms with van der Waals surface area (Å²) in [6.45, 7) is 10.4. The van der Waals surface area contributed by atoms with Gasteiger partial charge in [-0.05, 0) is 52.3 Å². The summed E-state index contributed by atoms with van der Waals surface area (Å²) in [6, 6.07) is 4.29. The molecule has 0 spiro atoms. The molecule has 3 aromatic heterocycles. The van der Waals surface area contributed by atoms with Crippen molar-refractivity contribution in [1.29, 1.82) is 0 Å². The van der Waals surface area contributed by atoms with Crippen LogP contribution in [0.1, 0.15) is 25.2 Å². The molecule has 0 aromatic carbocycles. The third-order valence-electron chi connectivity index (χ3n) is 4.04. The third-order valence-corrected chi connectivity index (χ3v) is 5.97. The average molecular weight is 345 g/mol. The average Bonchev–Trinajstić information content (AvgIpc) is 2.95. The highest BCUT2D eigenvalue weighted by atomic mass is 32.1. The Hall–Kier alpha value is -1.72. The van der Waals surface area contributed by atoms with E-state index in [2.05, 4.69) is 44.9 Å². The number of aromatic nitrogens is 2. The molecule has 0 N–H and O–H groups in total. The molecule has 0 aliphatic carbocycles. The van der Waals surface area contributed by atoms with Crippen LogP contribution in [0.4, 0.5) is 0 Å². The molecule has 3 rings (SSSR count). The number of hydrogen-bond acceptors (Lipinski definition) is 4. The Morgan fingerprint density at radius 1 is 0.870 bits per heavy atom. The molecule has 23 heavy (non-hydrogen) atoms. The molecule has 0 bridgehead atoms. The van der Waals surface area contributed by atoms with Gasteiger partial charge in [-0.3, -0.25) is 4.79 Å². The lowest BCUT2D eigenvalue weighted by Gasteiger charge is -2.13. The Balaban J connectivity index is 2.45. The van der Waals surface area contributed by atoms with Crippen molar-refractivity contribution in [3.8, 4) is 22.3 Å². The molecule has 0 saturated heterocycles. The number of hydrogen-bond donors (Lipinski definition) is 0. The van der Waals surface area contributed by atoms with Crippen molar-refractivity contribution in [2.75, 3.05) is 0 Å². The van der Waals surface area contributed by atoms with Crippen LogP contribution in [0.3, 0.4) is 0 Å². The van der Waals surface area contributed by atoms with Gasteiger partial charge in [0.25, 0.3) is 5.56 Å². The minimum absolute atomic E-state index is 0.0326. The summed E-state index contributed by atoms with van der Waals surface area (Å²) >= 11 is 3.49. The lowest BCUT2D eigenvalue weighted by molar-refractivity contribution is 0.696. The number of thiophene rings is 2. The van der Waals surface area contributed by atoms with Gasteiger partial charge < -0.3 is 0 Å². The molecule has 0 fully saturated rings. The van der Waals surface area contributed by atoms with E-state index in [1.54, 1.807) is 29.7 Å². The van der Waals surface area contributed by atoms with Crippen LogP contribution in [0.15, 0.2) is 16.9 Å². The molecule has 5 heteroatoms. The largest absolute Gasteiger partial charge is 0.275 e. The van der Waals surface area contributed by atoms with Gasteiger partial charge in [0, 0.05) is 37.7 Å². The van der Waals surface area contributed by atoms with Gasteiger partial charge in [-0.1, -0.05) is 0 Å². The van der Waals surface area contributed by atoms with Crippen molar-refractivity contribution in [3.05, 3.63) is 47.7 Å². The predicted octanol–water partition coefficient (Wildman–Crippen LogP) is 4.78. The number of nitrogens with zero attached hydrogens (tertiary/aromatic N) is 2. The fourth-order valence-corrected chi connectivity index (χ4v) is 4.97. The molecule has 3 heterocycles. The second-order valence-corrected chi connectivity index (χ2v) is 8.84. The van der Waals surface area contributed by atoms with Crippen LogP contribution in [0.5, 0.6) is 0 Å². The van der Waals surface area contributed by atoms with Crippen LogP contribution in [0.2, 0.25) is 0 Å². The van der Waals surface area contributed by atoms with Crippen LogP contribution in [0.25, 0.3) is 22.3 Å². The van der Waals surface area contributed by atoms with E-state index in [-0.39, 0.29) is 5.56 Å². The maximum Gasteiger partial charge on any atom is 0.275 e. The highest BCUT2D eigenvalue weighted by Crippen LogP contribution is 2.39. The summed E-state index contributed by atoms with van der Waals surface area (Å²) in [5.74, 6) is 0. The first kappa shape index (κ1) is 16.1. The summed E-state index contributed by atoms with van der Waals surface area (Å²) < 4.78 is 1.45. The van der Waals surface area contributed by atoms with E-state index in [1.165, 1.54) is 24.2 Å². The fraction of sp³-hybridized carbons (Fsp3) is 0.333. The van der Waals surface area contributed by atoms with Crippen LogP contribution in [-0.4, -0.2) is 9.78 Å². The molecule has 0 unspecified atom stereocenters. The summed E-state index contributed by atoms with van der Waals surface area (Å²) in [7, 11) is 1.73. The highest BCUT2D eigenvalue weighted by molar-refractivity contribution is 7.12. The molecule has 3 nitrogen and oxygen atoms in total. The van der Waals surface area contributed by atoms with E-state index in [4.69, 9.17) is 0 Å². The molecular formula is C18H20N2OS2. The predicted molar refractivity (Wildman–Crippen MR) is 99.8 cm³/mol. The van der Waals surface area contributed by atoms with Crippen LogP contribution >= 0.6 is 22.7 Å². The standard InChI is InChI=1S/C18H20N2OS2/c1-9-7-14(12(4)22-9)16-11(3)19-20(6)18(21)17(16)15-8-10(2)23-13(15)5/h7-8H,1-6H3. The first-order valence-corrected chi connectivity index (χ1v) is 9.15. The van der Waals surface area contributed by atoms with Crippen LogP contribution in [0, 0.1) is 34.6 Å². The summed E-state index contributed by atoms with van der Waals surface area (Å²) in [4.78, 5) is 17.8. The van der Waals surface area contributed by atoms with Crippen molar-refractivity contribution < 1.29 is 0 Å². The van der Waals surface area contributed by atoms with Gasteiger partial charge in [0.05, 0.1) is 11.3 Å². The molecular weight excluding hydrogens is 324 g/mol. The van der Waals surface area contributed by atoms with Crippen LogP contribution in [-0.2, 0) is 7.05 Å². The Morgan fingerprint density at radius 3 is 1.78 bits per heavy atom. The van der Waals surface area contributed by atoms with Crippen LogP contribution < -0.4 is 5.56 Å². The second-order valence-electron chi connectivity index (χ2n) is 5.92. The monoisotopic (exact) mass is 344 g/mol. The Labute approximate surface area is 144 Å². The molecule has 0 saturated carbocycles. The Kier molecular flexibility index (Phi) is 4.02. The van der Waals surface area contributed by atoms with Gasteiger partial charge in [-0.25, -0.2) is 4.68 Å². The van der Waals surface area contributed by atoms with E-state index in [0.717, 1.165) is 27.9 Å². The normalized spacial score (nSPS) is 11.2. The van der Waals surface area contributed by atoms with Crippen molar-refractivity contribution in [1.82, 2.24) is 9.78 Å². The Bertz CT molecular complexity index is 960. The van der Waals surface area contributed by atoms with Crippen molar-refractivity contribution in [2.45, 2.75) is 34.6 Å². The molecule has 0 aliphatic heterocycles. The van der Waals surface area contributed by atoms with Gasteiger partial charge >= 0.3 is 0 Å². The zero-order valence-corrected chi connectivity index (χ0v) is 15.9. The fourth-order valence-electron chi connectivity index (χ4n) is 3.11. The van der Waals surface area contributed by atoms with E-state index in [9.17, 15) is 4.79 Å². The summed E-state index contributed by atoms with van der Waals surface area (Å²) in [5, 5.41) is 4.43. The zero-order valence-electron chi connectivity index (χ0n) is 14.3. The quantitative estimate of drug-likeness (QED) is 0.670. The molecule has 0 atom stereocenters. The van der Waals surface area contributed by atoms with E-state index < -0.39 is 0 Å². The van der Waals surface area contributed by atoms with Crippen molar-refractivity contribution in [3.63, 3.8) is 0 Å². The van der Waals surface area contributed by atoms with Gasteiger partial charge in [-0.2, -0.15) is 5.10 Å². The van der Waals surface area contributed by atoms with E-state index in [1.807, 2.05) is 6.92 Å². The zero-order chi connectivity index (χ0) is 16.9. The maximum absolute atomic E-state index is 12.9. The van der Waals surface area contributed by atoms with Crippen molar-refractivity contribution in [2.24, 2.45) is 7.05 Å². The molecule has 3 aromatic rings. The minimum Gasteiger partial charge on any atom is -0.267 e. The SMILES string of the molecule is Cc1cc(-c2c(C)nn(C)c(=O)c2-c2cc(C)sc2C)c(C)s1. The molecule has 0 aliphatic rings. The molecule has 120 valence electrons. The third kappa shape index (κ3) is 2.68. The summed E-state index contributed by atoms with van der Waals surface area (Å²) in [5.41, 5.74) is 4.80. The highest BCUT2D eigenvalue weighted by Gasteiger charge is 2.22. The first-order chi connectivity index (χ1) is 10.8. The number of aryl methyl sites for hydroxylation is 6. The van der Waals surface area contributed by atoms with Gasteiger partial charge in [0.1, 0.15) is 0 Å². The van der Waals surface area contributed by atoms with E-state index in [0.29, 0.717) is 0 Å². The van der Waals surface area contributed by atoms with Gasteiger partial charge in [0.15, 0.2) is 0 Å². The topological polar surface area (TPSA) is 34.9 Å². The van der Waals surface area contributed by atoms with Gasteiger partial charge in [-0.15, -0.1) is 22.7 Å². The van der Waals surface area contributed by atoms with Crippen molar-refractivity contribution >= 4 is 22.7 Å². The summed E-state index contributed by atoms with van der Waals surface area (Å²) in [6.07, 6.45) is 0. The lowest BCUT2D eigenvalue weighted by Crippen LogP contribution is -2.23. The maximum atomic E-state index is 12.9. The second kappa shape index (κ2) is 5.73. The van der Waals surface area contributed by atoms with E-state index >= 15 is 0 Å².